The Morgan fingerprint density at radius 1 is 1.12 bits per heavy atom. The number of fused-ring (bicyclic) bond motifs is 1. The number of nitrogens with two attached hydrogens (primary N) is 1. The molecule has 0 saturated carbocycles. The Kier molecular flexibility index (Phi) is 2.16. The van der Waals surface area contributed by atoms with E-state index in [1.807, 2.05) is 49.4 Å². The first-order valence-corrected chi connectivity index (χ1v) is 5.76. The third kappa shape index (κ3) is 1.36. The normalized spacial score (nSPS) is 23.9. The second kappa shape index (κ2) is 3.57. The fraction of sp³-hybridized carbons (Fsp3) is 0.214. The Morgan fingerprint density at radius 3 is 2.59 bits per heavy atom. The van der Waals surface area contributed by atoms with E-state index >= 15 is 0 Å². The van der Waals surface area contributed by atoms with Crippen LogP contribution >= 0.6 is 0 Å². The molecule has 1 aliphatic heterocycles. The summed E-state index contributed by atoms with van der Waals surface area (Å²) in [5, 5.41) is 2.24. The highest BCUT2D eigenvalue weighted by molar-refractivity contribution is 6.10. The molecule has 2 atom stereocenters. The van der Waals surface area contributed by atoms with Gasteiger partial charge in [-0.05, 0) is 18.4 Å². The number of nitrogens with zero attached hydrogens (tertiary/aromatic N) is 1. The van der Waals surface area contributed by atoms with E-state index in [4.69, 9.17) is 5.73 Å². The van der Waals surface area contributed by atoms with Crippen molar-refractivity contribution in [3.63, 3.8) is 0 Å². The lowest BCUT2D eigenvalue weighted by Crippen LogP contribution is -2.67. The molecule has 0 aliphatic carbocycles. The van der Waals surface area contributed by atoms with Crippen molar-refractivity contribution in [1.29, 1.82) is 0 Å². The highest BCUT2D eigenvalue weighted by Gasteiger charge is 2.42. The molecule has 3 rings (SSSR count). The van der Waals surface area contributed by atoms with Crippen molar-refractivity contribution < 1.29 is 4.79 Å². The molecule has 1 saturated heterocycles. The highest BCUT2D eigenvalue weighted by atomic mass is 16.2. The molecule has 0 aromatic heterocycles. The Labute approximate surface area is 99.8 Å². The minimum atomic E-state index is -0.353. The predicted molar refractivity (Wildman–Crippen MR) is 68.9 cm³/mol. The van der Waals surface area contributed by atoms with Gasteiger partial charge in [0, 0.05) is 5.39 Å². The van der Waals surface area contributed by atoms with Gasteiger partial charge < -0.3 is 10.6 Å². The quantitative estimate of drug-likeness (QED) is 0.755. The smallest absolute Gasteiger partial charge is 0.246 e. The molecule has 1 heterocycles. The number of carbonyl (C=O) groups excluding carboxylic acids is 1. The Balaban J connectivity index is 2.15. The van der Waals surface area contributed by atoms with Crippen molar-refractivity contribution >= 4 is 22.4 Å². The molecule has 1 fully saturated rings. The first-order valence-electron chi connectivity index (χ1n) is 5.76. The van der Waals surface area contributed by atoms with Crippen molar-refractivity contribution in [2.45, 2.75) is 19.0 Å². The first kappa shape index (κ1) is 10.3. The van der Waals surface area contributed by atoms with Crippen molar-refractivity contribution in [3.05, 3.63) is 42.5 Å². The van der Waals surface area contributed by atoms with Crippen LogP contribution in [-0.4, -0.2) is 18.0 Å². The van der Waals surface area contributed by atoms with Gasteiger partial charge in [-0.15, -0.1) is 0 Å². The van der Waals surface area contributed by atoms with E-state index in [0.29, 0.717) is 0 Å². The summed E-state index contributed by atoms with van der Waals surface area (Å²) >= 11 is 0. The zero-order chi connectivity index (χ0) is 12.0. The summed E-state index contributed by atoms with van der Waals surface area (Å²) in [6.07, 6.45) is 0. The van der Waals surface area contributed by atoms with E-state index in [1.165, 1.54) is 0 Å². The number of hydrogen-bond acceptors (Lipinski definition) is 2. The van der Waals surface area contributed by atoms with E-state index < -0.39 is 0 Å². The lowest BCUT2D eigenvalue weighted by atomic mass is 9.95. The zero-order valence-corrected chi connectivity index (χ0v) is 9.63. The van der Waals surface area contributed by atoms with Crippen molar-refractivity contribution in [3.8, 4) is 0 Å². The van der Waals surface area contributed by atoms with Crippen LogP contribution in [0.25, 0.3) is 10.8 Å². The largest absolute Gasteiger partial charge is 0.318 e. The van der Waals surface area contributed by atoms with Crippen molar-refractivity contribution in [2.24, 2.45) is 5.73 Å². The molecule has 17 heavy (non-hydrogen) atoms. The summed E-state index contributed by atoms with van der Waals surface area (Å²) < 4.78 is 0. The van der Waals surface area contributed by atoms with Gasteiger partial charge >= 0.3 is 0 Å². The molecule has 2 aromatic carbocycles. The van der Waals surface area contributed by atoms with Crippen molar-refractivity contribution in [1.82, 2.24) is 0 Å². The standard InChI is InChI=1S/C14H14N2O/c1-9-13(15)14(17)16(9)12-8-4-6-10-5-2-3-7-11(10)12/h2-9,13H,15H2,1H3/t9-,13+/m0/s1. The van der Waals surface area contributed by atoms with E-state index in [1.54, 1.807) is 4.90 Å². The molecular formula is C14H14N2O. The van der Waals surface area contributed by atoms with Crippen LogP contribution in [0.4, 0.5) is 5.69 Å². The van der Waals surface area contributed by atoms with Crippen LogP contribution in [0.15, 0.2) is 42.5 Å². The van der Waals surface area contributed by atoms with Crippen LogP contribution < -0.4 is 10.6 Å². The minimum Gasteiger partial charge on any atom is -0.318 e. The summed E-state index contributed by atoms with van der Waals surface area (Å²) in [6, 6.07) is 13.8. The fourth-order valence-electron chi connectivity index (χ4n) is 2.40. The summed E-state index contributed by atoms with van der Waals surface area (Å²) in [6.45, 7) is 1.98. The molecule has 3 heteroatoms. The summed E-state index contributed by atoms with van der Waals surface area (Å²) in [5.41, 5.74) is 6.71. The van der Waals surface area contributed by atoms with Crippen LogP contribution in [-0.2, 0) is 4.79 Å². The summed E-state index contributed by atoms with van der Waals surface area (Å²) in [7, 11) is 0. The van der Waals surface area contributed by atoms with Gasteiger partial charge in [0.15, 0.2) is 0 Å². The maximum Gasteiger partial charge on any atom is 0.246 e. The van der Waals surface area contributed by atoms with E-state index in [2.05, 4.69) is 0 Å². The van der Waals surface area contributed by atoms with Gasteiger partial charge in [0.2, 0.25) is 5.91 Å². The molecule has 86 valence electrons. The lowest BCUT2D eigenvalue weighted by molar-refractivity contribution is -0.125. The number of amides is 1. The predicted octanol–water partition coefficient (Wildman–Crippen LogP) is 1.90. The summed E-state index contributed by atoms with van der Waals surface area (Å²) in [5.74, 6) is 0.00820. The molecule has 0 radical (unpaired) electrons. The van der Waals surface area contributed by atoms with Crippen LogP contribution in [0.2, 0.25) is 0 Å². The monoisotopic (exact) mass is 226 g/mol. The SMILES string of the molecule is C[C@H]1[C@@H](N)C(=O)N1c1cccc2ccccc12. The lowest BCUT2D eigenvalue weighted by Gasteiger charge is -2.43. The van der Waals surface area contributed by atoms with Gasteiger partial charge in [-0.2, -0.15) is 0 Å². The number of carbonyl (C=O) groups is 1. The second-order valence-corrected chi connectivity index (χ2v) is 4.47. The van der Waals surface area contributed by atoms with Crippen LogP contribution in [0, 0.1) is 0 Å². The molecular weight excluding hydrogens is 212 g/mol. The van der Waals surface area contributed by atoms with Gasteiger partial charge in [-0.1, -0.05) is 36.4 Å². The van der Waals surface area contributed by atoms with Gasteiger partial charge in [-0.25, -0.2) is 0 Å². The fourth-order valence-corrected chi connectivity index (χ4v) is 2.40. The molecule has 0 bridgehead atoms. The zero-order valence-electron chi connectivity index (χ0n) is 9.63. The average molecular weight is 226 g/mol. The van der Waals surface area contributed by atoms with Gasteiger partial charge in [-0.3, -0.25) is 4.79 Å². The maximum absolute atomic E-state index is 11.8. The topological polar surface area (TPSA) is 46.3 Å². The Morgan fingerprint density at radius 2 is 1.82 bits per heavy atom. The van der Waals surface area contributed by atoms with Gasteiger partial charge in [0.25, 0.3) is 0 Å². The molecule has 1 amide bonds. The molecule has 3 nitrogen and oxygen atoms in total. The highest BCUT2D eigenvalue weighted by Crippen LogP contribution is 2.33. The number of β-lactam (4-membered cyclic amide) rings is 1. The van der Waals surface area contributed by atoms with Crippen LogP contribution in [0.3, 0.4) is 0 Å². The van der Waals surface area contributed by atoms with Crippen LogP contribution in [0.1, 0.15) is 6.92 Å². The summed E-state index contributed by atoms with van der Waals surface area (Å²) in [4.78, 5) is 13.6. The van der Waals surface area contributed by atoms with E-state index in [9.17, 15) is 4.79 Å². The minimum absolute atomic E-state index is 0.00820. The van der Waals surface area contributed by atoms with Crippen molar-refractivity contribution in [2.75, 3.05) is 4.90 Å². The van der Waals surface area contributed by atoms with Gasteiger partial charge in [0.05, 0.1) is 11.7 Å². The molecule has 2 N–H and O–H groups in total. The number of hydrogen-bond donors (Lipinski definition) is 1. The number of rotatable bonds is 1. The Bertz CT molecular complexity index is 588. The molecule has 1 aliphatic rings. The molecule has 0 unspecified atom stereocenters. The third-order valence-electron chi connectivity index (χ3n) is 3.48. The third-order valence-corrected chi connectivity index (χ3v) is 3.48. The van der Waals surface area contributed by atoms with Crippen LogP contribution in [0.5, 0.6) is 0 Å². The average Bonchev–Trinajstić information content (AvgIpc) is 2.39. The second-order valence-electron chi connectivity index (χ2n) is 4.47. The first-order chi connectivity index (χ1) is 8.20. The van der Waals surface area contributed by atoms with E-state index in [-0.39, 0.29) is 18.0 Å². The molecule has 0 spiro atoms. The maximum atomic E-state index is 11.8. The molecule has 2 aromatic rings. The van der Waals surface area contributed by atoms with Gasteiger partial charge in [0.1, 0.15) is 6.04 Å². The van der Waals surface area contributed by atoms with E-state index in [0.717, 1.165) is 16.5 Å². The number of benzene rings is 2. The number of anilines is 1. The Hall–Kier alpha value is -1.87.